The third-order valence-electron chi connectivity index (χ3n) is 3.42. The van der Waals surface area contributed by atoms with E-state index in [0.29, 0.717) is 12.2 Å². The fourth-order valence-electron chi connectivity index (χ4n) is 2.12. The van der Waals surface area contributed by atoms with E-state index in [9.17, 15) is 9.59 Å². The van der Waals surface area contributed by atoms with Gasteiger partial charge in [-0.2, -0.15) is 0 Å². The number of hydrogen-bond acceptors (Lipinski definition) is 5. The Hall–Kier alpha value is -2.73. The summed E-state index contributed by atoms with van der Waals surface area (Å²) in [5.41, 5.74) is 1.70. The van der Waals surface area contributed by atoms with E-state index >= 15 is 0 Å². The fraction of sp³-hybridized carbons (Fsp3) is 0.105. The number of cyclic esters (lactones) is 1. The Labute approximate surface area is 153 Å². The molecule has 0 bridgehead atoms. The number of rotatable bonds is 4. The molecule has 0 spiro atoms. The number of carbonyl (C=O) groups is 2. The van der Waals surface area contributed by atoms with Crippen LogP contribution in [0.3, 0.4) is 0 Å². The monoisotopic (exact) mass is 399 g/mol. The molecule has 6 heteroatoms. The van der Waals surface area contributed by atoms with Crippen molar-refractivity contribution in [3.8, 4) is 5.75 Å². The van der Waals surface area contributed by atoms with Crippen molar-refractivity contribution in [2.24, 2.45) is 4.99 Å². The predicted octanol–water partition coefficient (Wildman–Crippen LogP) is 4.11. The lowest BCUT2D eigenvalue weighted by atomic mass is 10.2. The molecule has 0 saturated heterocycles. The van der Waals surface area contributed by atoms with Gasteiger partial charge in [-0.25, -0.2) is 9.79 Å². The van der Waals surface area contributed by atoms with Crippen LogP contribution in [0.25, 0.3) is 6.08 Å². The number of halogens is 1. The average Bonchev–Trinajstić information content (AvgIpc) is 2.98. The molecule has 2 aromatic rings. The van der Waals surface area contributed by atoms with Crippen molar-refractivity contribution in [3.05, 3.63) is 69.8 Å². The van der Waals surface area contributed by atoms with Crippen LogP contribution in [0.15, 0.2) is 63.7 Å². The molecular formula is C19H14BrNO4. The van der Waals surface area contributed by atoms with Gasteiger partial charge in [0.1, 0.15) is 5.75 Å². The molecule has 3 rings (SSSR count). The molecule has 0 unspecified atom stereocenters. The van der Waals surface area contributed by atoms with Crippen molar-refractivity contribution >= 4 is 39.8 Å². The quantitative estimate of drug-likeness (QED) is 0.440. The second-order valence-electron chi connectivity index (χ2n) is 5.24. The standard InChI is InChI=1S/C19H14BrNO4/c1-2-17(22)24-15-9-3-12(4-10-15)11-16-19(23)25-18(21-16)13-5-7-14(20)8-6-13/h3-11H,2H2,1H3/b16-11-. The molecule has 0 radical (unpaired) electrons. The van der Waals surface area contributed by atoms with Gasteiger partial charge in [-0.1, -0.05) is 35.0 Å². The van der Waals surface area contributed by atoms with Crippen molar-refractivity contribution in [3.63, 3.8) is 0 Å². The maximum Gasteiger partial charge on any atom is 0.363 e. The number of aliphatic imine (C=N–C) groups is 1. The predicted molar refractivity (Wildman–Crippen MR) is 97.1 cm³/mol. The van der Waals surface area contributed by atoms with Crippen LogP contribution in [0, 0.1) is 0 Å². The summed E-state index contributed by atoms with van der Waals surface area (Å²) >= 11 is 3.36. The van der Waals surface area contributed by atoms with Crippen LogP contribution in [0.4, 0.5) is 0 Å². The smallest absolute Gasteiger partial charge is 0.363 e. The zero-order valence-corrected chi connectivity index (χ0v) is 14.9. The van der Waals surface area contributed by atoms with Gasteiger partial charge in [-0.05, 0) is 48.0 Å². The maximum absolute atomic E-state index is 12.0. The van der Waals surface area contributed by atoms with Crippen molar-refractivity contribution in [2.75, 3.05) is 0 Å². The highest BCUT2D eigenvalue weighted by Crippen LogP contribution is 2.21. The number of carbonyl (C=O) groups excluding carboxylic acids is 2. The second-order valence-corrected chi connectivity index (χ2v) is 6.16. The van der Waals surface area contributed by atoms with E-state index in [-0.39, 0.29) is 17.6 Å². The third-order valence-corrected chi connectivity index (χ3v) is 3.94. The summed E-state index contributed by atoms with van der Waals surface area (Å²) in [7, 11) is 0. The maximum atomic E-state index is 12.0. The highest BCUT2D eigenvalue weighted by molar-refractivity contribution is 9.10. The van der Waals surface area contributed by atoms with Crippen LogP contribution in [0.2, 0.25) is 0 Å². The SMILES string of the molecule is CCC(=O)Oc1ccc(/C=C2\N=C(c3ccc(Br)cc3)OC2=O)cc1. The molecule has 126 valence electrons. The highest BCUT2D eigenvalue weighted by Gasteiger charge is 2.24. The lowest BCUT2D eigenvalue weighted by molar-refractivity contribution is -0.134. The Balaban J connectivity index is 1.79. The van der Waals surface area contributed by atoms with Gasteiger partial charge in [0.05, 0.1) is 0 Å². The van der Waals surface area contributed by atoms with Crippen LogP contribution in [-0.4, -0.2) is 17.8 Å². The van der Waals surface area contributed by atoms with Gasteiger partial charge in [0, 0.05) is 16.5 Å². The van der Waals surface area contributed by atoms with Gasteiger partial charge < -0.3 is 9.47 Å². The number of ether oxygens (including phenoxy) is 2. The molecule has 0 fully saturated rings. The molecule has 2 aromatic carbocycles. The lowest BCUT2D eigenvalue weighted by Crippen LogP contribution is -2.05. The highest BCUT2D eigenvalue weighted by atomic mass is 79.9. The van der Waals surface area contributed by atoms with Gasteiger partial charge in [0.25, 0.3) is 0 Å². The summed E-state index contributed by atoms with van der Waals surface area (Å²) in [4.78, 5) is 27.5. The summed E-state index contributed by atoms with van der Waals surface area (Å²) in [5.74, 6) is -0.0621. The molecule has 0 aliphatic carbocycles. The van der Waals surface area contributed by atoms with Gasteiger partial charge in [-0.3, -0.25) is 4.79 Å². The molecule has 1 aliphatic rings. The number of esters is 2. The molecule has 25 heavy (non-hydrogen) atoms. The molecule has 5 nitrogen and oxygen atoms in total. The fourth-order valence-corrected chi connectivity index (χ4v) is 2.38. The Morgan fingerprint density at radius 2 is 1.84 bits per heavy atom. The van der Waals surface area contributed by atoms with Gasteiger partial charge in [0.2, 0.25) is 5.90 Å². The minimum Gasteiger partial charge on any atom is -0.427 e. The molecule has 0 aromatic heterocycles. The second kappa shape index (κ2) is 7.44. The van der Waals surface area contributed by atoms with E-state index in [4.69, 9.17) is 9.47 Å². The Morgan fingerprint density at radius 1 is 1.16 bits per heavy atom. The zero-order valence-electron chi connectivity index (χ0n) is 13.4. The van der Waals surface area contributed by atoms with E-state index in [1.807, 2.05) is 24.3 Å². The first-order valence-electron chi connectivity index (χ1n) is 7.64. The van der Waals surface area contributed by atoms with E-state index in [2.05, 4.69) is 20.9 Å². The van der Waals surface area contributed by atoms with Crippen molar-refractivity contribution < 1.29 is 19.1 Å². The first kappa shape index (κ1) is 17.1. The van der Waals surface area contributed by atoms with Crippen LogP contribution < -0.4 is 4.74 Å². The van der Waals surface area contributed by atoms with Crippen LogP contribution in [-0.2, 0) is 14.3 Å². The summed E-state index contributed by atoms with van der Waals surface area (Å²) in [6.07, 6.45) is 1.94. The molecule has 0 amide bonds. The number of nitrogens with zero attached hydrogens (tertiary/aromatic N) is 1. The molecule has 1 heterocycles. The Morgan fingerprint density at radius 3 is 2.48 bits per heavy atom. The molecule has 0 N–H and O–H groups in total. The summed E-state index contributed by atoms with van der Waals surface area (Å²) in [6.45, 7) is 1.73. The molecule has 0 saturated carbocycles. The van der Waals surface area contributed by atoms with Gasteiger partial charge >= 0.3 is 11.9 Å². The summed E-state index contributed by atoms with van der Waals surface area (Å²) in [5, 5.41) is 0. The van der Waals surface area contributed by atoms with Crippen LogP contribution >= 0.6 is 15.9 Å². The van der Waals surface area contributed by atoms with E-state index in [1.165, 1.54) is 0 Å². The zero-order chi connectivity index (χ0) is 17.8. The lowest BCUT2D eigenvalue weighted by Gasteiger charge is -2.02. The first-order valence-corrected chi connectivity index (χ1v) is 8.43. The van der Waals surface area contributed by atoms with Crippen LogP contribution in [0.5, 0.6) is 5.75 Å². The van der Waals surface area contributed by atoms with Crippen molar-refractivity contribution in [2.45, 2.75) is 13.3 Å². The molecule has 0 atom stereocenters. The largest absolute Gasteiger partial charge is 0.427 e. The van der Waals surface area contributed by atoms with Crippen molar-refractivity contribution in [1.29, 1.82) is 0 Å². The minimum absolute atomic E-state index is 0.219. The van der Waals surface area contributed by atoms with E-state index < -0.39 is 5.97 Å². The topological polar surface area (TPSA) is 65.0 Å². The minimum atomic E-state index is -0.501. The average molecular weight is 400 g/mol. The van der Waals surface area contributed by atoms with Gasteiger partial charge in [-0.15, -0.1) is 0 Å². The summed E-state index contributed by atoms with van der Waals surface area (Å²) in [6, 6.07) is 14.1. The number of hydrogen-bond donors (Lipinski definition) is 0. The van der Waals surface area contributed by atoms with E-state index in [0.717, 1.165) is 15.6 Å². The Bertz CT molecular complexity index is 867. The Kier molecular flexibility index (Phi) is 5.09. The first-order chi connectivity index (χ1) is 12.0. The van der Waals surface area contributed by atoms with Gasteiger partial charge in [0.15, 0.2) is 5.70 Å². The number of benzene rings is 2. The normalized spacial score (nSPS) is 15.0. The third kappa shape index (κ3) is 4.22. The molecule has 1 aliphatic heterocycles. The van der Waals surface area contributed by atoms with E-state index in [1.54, 1.807) is 37.3 Å². The van der Waals surface area contributed by atoms with Crippen LogP contribution in [0.1, 0.15) is 24.5 Å². The van der Waals surface area contributed by atoms with Crippen molar-refractivity contribution in [1.82, 2.24) is 0 Å². The summed E-state index contributed by atoms with van der Waals surface area (Å²) < 4.78 is 11.3. The molecular weight excluding hydrogens is 386 g/mol.